The summed E-state index contributed by atoms with van der Waals surface area (Å²) < 4.78 is 5.60. The second-order valence-electron chi connectivity index (χ2n) is 5.94. The summed E-state index contributed by atoms with van der Waals surface area (Å²) in [5.74, 6) is -0.698. The molecule has 1 fully saturated rings. The lowest BCUT2D eigenvalue weighted by Gasteiger charge is -2.33. The van der Waals surface area contributed by atoms with Crippen molar-refractivity contribution < 1.29 is 19.4 Å². The summed E-state index contributed by atoms with van der Waals surface area (Å²) in [6, 6.07) is 7.10. The van der Waals surface area contributed by atoms with Crippen LogP contribution in [0.3, 0.4) is 0 Å². The molecule has 120 valence electrons. The second-order valence-corrected chi connectivity index (χ2v) is 5.94. The Kier molecular flexibility index (Phi) is 5.55. The zero-order valence-electron chi connectivity index (χ0n) is 12.7. The lowest BCUT2D eigenvalue weighted by atomic mass is 9.74. The predicted octanol–water partition coefficient (Wildman–Crippen LogP) is 2.52. The van der Waals surface area contributed by atoms with Gasteiger partial charge in [-0.25, -0.2) is 0 Å². The minimum atomic E-state index is -0.869. The maximum Gasteiger partial charge on any atom is 0.318 e. The number of carbonyl (C=O) groups is 2. The van der Waals surface area contributed by atoms with E-state index in [1.54, 1.807) is 18.2 Å². The fourth-order valence-corrected chi connectivity index (χ4v) is 2.98. The van der Waals surface area contributed by atoms with Gasteiger partial charge in [0.25, 0.3) is 0 Å². The monoisotopic (exact) mass is 305 g/mol. The molecule has 0 unspecified atom stereocenters. The van der Waals surface area contributed by atoms with Gasteiger partial charge in [0.2, 0.25) is 0 Å². The zero-order chi connectivity index (χ0) is 16.0. The molecule has 0 aliphatic heterocycles. The van der Waals surface area contributed by atoms with E-state index in [1.165, 1.54) is 0 Å². The Bertz CT molecular complexity index is 535. The van der Waals surface area contributed by atoms with E-state index in [0.29, 0.717) is 18.7 Å². The summed E-state index contributed by atoms with van der Waals surface area (Å²) in [7, 11) is 0. The van der Waals surface area contributed by atoms with Crippen LogP contribution in [0.25, 0.3) is 0 Å². The lowest BCUT2D eigenvalue weighted by molar-refractivity contribution is -0.147. The van der Waals surface area contributed by atoms with Crippen molar-refractivity contribution in [3.8, 4) is 5.75 Å². The number of hydrogen-bond donors (Lipinski definition) is 2. The van der Waals surface area contributed by atoms with E-state index >= 15 is 0 Å². The number of carboxylic acid groups (broad SMARTS) is 1. The van der Waals surface area contributed by atoms with Gasteiger partial charge in [0.1, 0.15) is 5.75 Å². The molecular formula is C17H23NO4. The van der Waals surface area contributed by atoms with Gasteiger partial charge in [-0.3, -0.25) is 9.59 Å². The van der Waals surface area contributed by atoms with E-state index in [0.717, 1.165) is 37.7 Å². The van der Waals surface area contributed by atoms with Crippen LogP contribution >= 0.6 is 0 Å². The maximum absolute atomic E-state index is 12.6. The number of nitrogens with two attached hydrogens (primary N) is 1. The van der Waals surface area contributed by atoms with Gasteiger partial charge in [0, 0.05) is 13.0 Å². The average Bonchev–Trinajstić information content (AvgIpc) is 2.54. The standard InChI is InChI=1S/C17H23NO4/c18-12-17(10-4-1-5-11-17)16(21)22-14-7-3-2-6-13(14)8-9-15(19)20/h2-3,6-7H,1,4-5,8-12,18H2,(H,19,20). The molecule has 1 saturated carbocycles. The number of para-hydroxylation sites is 1. The first kappa shape index (κ1) is 16.5. The van der Waals surface area contributed by atoms with Gasteiger partial charge in [-0.15, -0.1) is 0 Å². The van der Waals surface area contributed by atoms with E-state index in [9.17, 15) is 9.59 Å². The molecule has 0 spiro atoms. The number of aryl methyl sites for hydroxylation is 1. The van der Waals surface area contributed by atoms with Gasteiger partial charge in [0.15, 0.2) is 0 Å². The van der Waals surface area contributed by atoms with Crippen molar-refractivity contribution in [3.05, 3.63) is 29.8 Å². The van der Waals surface area contributed by atoms with E-state index in [1.807, 2.05) is 6.07 Å². The van der Waals surface area contributed by atoms with Crippen LogP contribution in [0, 0.1) is 5.41 Å². The second kappa shape index (κ2) is 7.40. The Balaban J connectivity index is 2.12. The van der Waals surface area contributed by atoms with E-state index in [4.69, 9.17) is 15.6 Å². The van der Waals surface area contributed by atoms with Crippen LogP contribution in [0.4, 0.5) is 0 Å². The largest absolute Gasteiger partial charge is 0.481 e. The molecular weight excluding hydrogens is 282 g/mol. The quantitative estimate of drug-likeness (QED) is 0.622. The van der Waals surface area contributed by atoms with Gasteiger partial charge < -0.3 is 15.6 Å². The number of carboxylic acids is 1. The van der Waals surface area contributed by atoms with Crippen molar-refractivity contribution in [2.45, 2.75) is 44.9 Å². The van der Waals surface area contributed by atoms with Crippen LogP contribution in [0.15, 0.2) is 24.3 Å². The van der Waals surface area contributed by atoms with Crippen molar-refractivity contribution in [1.82, 2.24) is 0 Å². The Hall–Kier alpha value is -1.88. The molecule has 5 nitrogen and oxygen atoms in total. The van der Waals surface area contributed by atoms with Crippen LogP contribution in [0.1, 0.15) is 44.1 Å². The highest BCUT2D eigenvalue weighted by Gasteiger charge is 2.40. The summed E-state index contributed by atoms with van der Waals surface area (Å²) in [5.41, 5.74) is 6.00. The number of carbonyl (C=O) groups excluding carboxylic acids is 1. The zero-order valence-corrected chi connectivity index (χ0v) is 12.7. The van der Waals surface area contributed by atoms with Gasteiger partial charge in [-0.1, -0.05) is 37.5 Å². The topological polar surface area (TPSA) is 89.6 Å². The first-order chi connectivity index (χ1) is 10.6. The number of benzene rings is 1. The molecule has 1 aromatic carbocycles. The predicted molar refractivity (Wildman–Crippen MR) is 82.6 cm³/mol. The molecule has 0 amide bonds. The number of aliphatic carboxylic acids is 1. The van der Waals surface area contributed by atoms with E-state index in [2.05, 4.69) is 0 Å². The molecule has 1 aliphatic rings. The summed E-state index contributed by atoms with van der Waals surface area (Å²) >= 11 is 0. The SMILES string of the molecule is NCC1(C(=O)Oc2ccccc2CCC(=O)O)CCCCC1. The van der Waals surface area contributed by atoms with Crippen molar-refractivity contribution >= 4 is 11.9 Å². The van der Waals surface area contributed by atoms with Gasteiger partial charge >= 0.3 is 11.9 Å². The van der Waals surface area contributed by atoms with Gasteiger partial charge in [0.05, 0.1) is 5.41 Å². The van der Waals surface area contributed by atoms with Crippen molar-refractivity contribution in [1.29, 1.82) is 0 Å². The lowest BCUT2D eigenvalue weighted by Crippen LogP contribution is -2.43. The van der Waals surface area contributed by atoms with Crippen molar-refractivity contribution in [3.63, 3.8) is 0 Å². The smallest absolute Gasteiger partial charge is 0.318 e. The molecule has 5 heteroatoms. The molecule has 0 atom stereocenters. The molecule has 1 aromatic rings. The highest BCUT2D eigenvalue weighted by atomic mass is 16.5. The van der Waals surface area contributed by atoms with Crippen LogP contribution in [-0.2, 0) is 16.0 Å². The third-order valence-corrected chi connectivity index (χ3v) is 4.42. The number of ether oxygens (including phenoxy) is 1. The molecule has 0 aromatic heterocycles. The molecule has 0 heterocycles. The Morgan fingerprint density at radius 3 is 2.50 bits per heavy atom. The Labute approximate surface area is 130 Å². The van der Waals surface area contributed by atoms with Gasteiger partial charge in [-0.2, -0.15) is 0 Å². The first-order valence-corrected chi connectivity index (χ1v) is 7.79. The maximum atomic E-state index is 12.6. The highest BCUT2D eigenvalue weighted by molar-refractivity contribution is 5.80. The number of rotatable bonds is 6. The van der Waals surface area contributed by atoms with Crippen LogP contribution in [-0.4, -0.2) is 23.6 Å². The minimum Gasteiger partial charge on any atom is -0.481 e. The fraction of sp³-hybridized carbons (Fsp3) is 0.529. The third kappa shape index (κ3) is 3.85. The summed E-state index contributed by atoms with van der Waals surface area (Å²) in [5, 5.41) is 8.81. The number of hydrogen-bond acceptors (Lipinski definition) is 4. The van der Waals surface area contributed by atoms with Crippen LogP contribution in [0.2, 0.25) is 0 Å². The fourth-order valence-electron chi connectivity index (χ4n) is 2.98. The molecule has 0 radical (unpaired) electrons. The van der Waals surface area contributed by atoms with Gasteiger partial charge in [-0.05, 0) is 30.9 Å². The average molecular weight is 305 g/mol. The van der Waals surface area contributed by atoms with Crippen molar-refractivity contribution in [2.75, 3.05) is 6.54 Å². The molecule has 22 heavy (non-hydrogen) atoms. The molecule has 2 rings (SSSR count). The summed E-state index contributed by atoms with van der Waals surface area (Å²) in [6.45, 7) is 0.295. The third-order valence-electron chi connectivity index (χ3n) is 4.42. The molecule has 1 aliphatic carbocycles. The highest BCUT2D eigenvalue weighted by Crippen LogP contribution is 2.37. The summed E-state index contributed by atoms with van der Waals surface area (Å²) in [6.07, 6.45) is 4.99. The van der Waals surface area contributed by atoms with E-state index < -0.39 is 11.4 Å². The number of esters is 1. The van der Waals surface area contributed by atoms with Crippen LogP contribution in [0.5, 0.6) is 5.75 Å². The van der Waals surface area contributed by atoms with Crippen LogP contribution < -0.4 is 10.5 Å². The first-order valence-electron chi connectivity index (χ1n) is 7.79. The normalized spacial score (nSPS) is 17.0. The minimum absolute atomic E-state index is 0.0105. The Morgan fingerprint density at radius 2 is 1.86 bits per heavy atom. The Morgan fingerprint density at radius 1 is 1.18 bits per heavy atom. The molecule has 0 bridgehead atoms. The van der Waals surface area contributed by atoms with E-state index in [-0.39, 0.29) is 12.4 Å². The molecule has 3 N–H and O–H groups in total. The summed E-state index contributed by atoms with van der Waals surface area (Å²) in [4.78, 5) is 23.3. The van der Waals surface area contributed by atoms with Crippen molar-refractivity contribution in [2.24, 2.45) is 11.1 Å². The molecule has 0 saturated heterocycles.